The van der Waals surface area contributed by atoms with Gasteiger partial charge in [-0.05, 0) is 38.5 Å². The lowest BCUT2D eigenvalue weighted by Gasteiger charge is -2.18. The number of rotatable bonds is 6. The number of ether oxygens (including phenoxy) is 1. The summed E-state index contributed by atoms with van der Waals surface area (Å²) in [5.41, 5.74) is 0.791. The molecule has 0 aromatic heterocycles. The lowest BCUT2D eigenvalue weighted by atomic mass is 10.1. The van der Waals surface area contributed by atoms with Gasteiger partial charge >= 0.3 is 0 Å². The molecule has 0 saturated carbocycles. The second-order valence-corrected chi connectivity index (χ2v) is 7.60. The molecule has 0 N–H and O–H groups in total. The molecule has 0 aliphatic rings. The summed E-state index contributed by atoms with van der Waals surface area (Å²) in [6.07, 6.45) is 0.0980. The Morgan fingerprint density at radius 1 is 1.38 bits per heavy atom. The van der Waals surface area contributed by atoms with Crippen molar-refractivity contribution < 1.29 is 17.9 Å². The van der Waals surface area contributed by atoms with Crippen LogP contribution in [0.4, 0.5) is 0 Å². The lowest BCUT2D eigenvalue weighted by Crippen LogP contribution is -2.30. The summed E-state index contributed by atoms with van der Waals surface area (Å²) in [5.74, 6) is -0.274. The van der Waals surface area contributed by atoms with Crippen molar-refractivity contribution in [2.45, 2.75) is 31.8 Å². The van der Waals surface area contributed by atoms with E-state index in [1.807, 2.05) is 13.8 Å². The smallest absolute Gasteiger partial charge is 0.261 e. The van der Waals surface area contributed by atoms with Crippen molar-refractivity contribution in [1.82, 2.24) is 4.90 Å². The standard InChI is InChI=1S/C14H20ClNO4S/c1-10(2)20-8-7-16(4)14(17)12-6-5-11(3)13(9-12)21(15,18)19/h5-6,9-10H,7-8H2,1-4H3. The minimum absolute atomic E-state index is 0.0400. The molecule has 0 aliphatic heterocycles. The van der Waals surface area contributed by atoms with Gasteiger partial charge in [0.25, 0.3) is 15.0 Å². The SMILES string of the molecule is Cc1ccc(C(=O)N(C)CCOC(C)C)cc1S(=O)(=O)Cl. The molecular formula is C14H20ClNO4S. The van der Waals surface area contributed by atoms with Gasteiger partial charge in [0, 0.05) is 29.8 Å². The van der Waals surface area contributed by atoms with Crippen LogP contribution < -0.4 is 0 Å². The molecule has 1 aromatic rings. The van der Waals surface area contributed by atoms with Crippen LogP contribution >= 0.6 is 10.7 Å². The van der Waals surface area contributed by atoms with E-state index in [0.29, 0.717) is 18.7 Å². The summed E-state index contributed by atoms with van der Waals surface area (Å²) in [4.78, 5) is 13.7. The molecule has 1 amide bonds. The van der Waals surface area contributed by atoms with Gasteiger partial charge in [-0.1, -0.05) is 6.07 Å². The van der Waals surface area contributed by atoms with E-state index >= 15 is 0 Å². The van der Waals surface area contributed by atoms with Crippen LogP contribution in [0.1, 0.15) is 29.8 Å². The molecule has 0 bridgehead atoms. The Morgan fingerprint density at radius 3 is 2.52 bits per heavy atom. The molecule has 0 unspecified atom stereocenters. The molecule has 0 spiro atoms. The molecule has 21 heavy (non-hydrogen) atoms. The highest BCUT2D eigenvalue weighted by atomic mass is 35.7. The Morgan fingerprint density at radius 2 is 2.00 bits per heavy atom. The third-order valence-corrected chi connectivity index (χ3v) is 4.39. The Labute approximate surface area is 130 Å². The number of benzene rings is 1. The summed E-state index contributed by atoms with van der Waals surface area (Å²) < 4.78 is 28.3. The van der Waals surface area contributed by atoms with Crippen LogP contribution in [-0.4, -0.2) is 45.5 Å². The second kappa shape index (κ2) is 7.24. The second-order valence-electron chi connectivity index (χ2n) is 5.06. The van der Waals surface area contributed by atoms with Gasteiger partial charge in [0.15, 0.2) is 0 Å². The van der Waals surface area contributed by atoms with Crippen molar-refractivity contribution in [2.24, 2.45) is 0 Å². The van der Waals surface area contributed by atoms with Gasteiger partial charge in [0.1, 0.15) is 0 Å². The van der Waals surface area contributed by atoms with E-state index in [1.54, 1.807) is 26.1 Å². The van der Waals surface area contributed by atoms with Gasteiger partial charge in [0.2, 0.25) is 0 Å². The topological polar surface area (TPSA) is 63.7 Å². The van der Waals surface area contributed by atoms with Gasteiger partial charge in [-0.3, -0.25) is 4.79 Å². The molecule has 0 fully saturated rings. The fourth-order valence-corrected chi connectivity index (χ4v) is 2.96. The lowest BCUT2D eigenvalue weighted by molar-refractivity contribution is 0.0532. The van der Waals surface area contributed by atoms with E-state index < -0.39 is 9.05 Å². The van der Waals surface area contributed by atoms with Crippen LogP contribution in [0.2, 0.25) is 0 Å². The number of halogens is 1. The normalized spacial score (nSPS) is 11.7. The Balaban J connectivity index is 2.88. The summed E-state index contributed by atoms with van der Waals surface area (Å²) in [7, 11) is 3.14. The highest BCUT2D eigenvalue weighted by molar-refractivity contribution is 8.13. The third kappa shape index (κ3) is 5.30. The summed E-state index contributed by atoms with van der Waals surface area (Å²) in [5, 5.41) is 0. The average Bonchev–Trinajstić information content (AvgIpc) is 2.36. The van der Waals surface area contributed by atoms with Crippen molar-refractivity contribution >= 4 is 25.6 Å². The predicted molar refractivity (Wildman–Crippen MR) is 82.3 cm³/mol. The van der Waals surface area contributed by atoms with Crippen LogP contribution in [0.5, 0.6) is 0 Å². The van der Waals surface area contributed by atoms with E-state index in [1.165, 1.54) is 11.0 Å². The molecular weight excluding hydrogens is 314 g/mol. The highest BCUT2D eigenvalue weighted by Gasteiger charge is 2.18. The van der Waals surface area contributed by atoms with Gasteiger partial charge in [-0.15, -0.1) is 0 Å². The number of hydrogen-bond acceptors (Lipinski definition) is 4. The van der Waals surface area contributed by atoms with Crippen molar-refractivity contribution in [1.29, 1.82) is 0 Å². The molecule has 0 saturated heterocycles. The van der Waals surface area contributed by atoms with E-state index in [-0.39, 0.29) is 22.5 Å². The number of amides is 1. The molecule has 118 valence electrons. The molecule has 0 aliphatic carbocycles. The zero-order valence-corrected chi connectivity index (χ0v) is 14.2. The Hall–Kier alpha value is -1.11. The quantitative estimate of drug-likeness (QED) is 0.750. The summed E-state index contributed by atoms with van der Waals surface area (Å²) in [6.45, 7) is 6.31. The number of carbonyl (C=O) groups is 1. The molecule has 0 atom stereocenters. The summed E-state index contributed by atoms with van der Waals surface area (Å²) >= 11 is 0. The van der Waals surface area contributed by atoms with E-state index in [0.717, 1.165) is 0 Å². The largest absolute Gasteiger partial charge is 0.377 e. The predicted octanol–water partition coefficient (Wildman–Crippen LogP) is 2.42. The zero-order valence-electron chi connectivity index (χ0n) is 12.6. The minimum Gasteiger partial charge on any atom is -0.377 e. The van der Waals surface area contributed by atoms with Crippen LogP contribution in [-0.2, 0) is 13.8 Å². The van der Waals surface area contributed by atoms with E-state index in [2.05, 4.69) is 0 Å². The van der Waals surface area contributed by atoms with E-state index in [9.17, 15) is 13.2 Å². The fourth-order valence-electron chi connectivity index (χ4n) is 1.74. The first-order valence-corrected chi connectivity index (χ1v) is 8.86. The summed E-state index contributed by atoms with van der Waals surface area (Å²) in [6, 6.07) is 4.46. The number of aryl methyl sites for hydroxylation is 1. The first-order valence-electron chi connectivity index (χ1n) is 6.55. The van der Waals surface area contributed by atoms with Crippen LogP contribution in [0.15, 0.2) is 23.1 Å². The zero-order chi connectivity index (χ0) is 16.2. The molecule has 0 heterocycles. The van der Waals surface area contributed by atoms with Crippen LogP contribution in [0.25, 0.3) is 0 Å². The van der Waals surface area contributed by atoms with Crippen LogP contribution in [0, 0.1) is 6.92 Å². The molecule has 7 heteroatoms. The van der Waals surface area contributed by atoms with E-state index in [4.69, 9.17) is 15.4 Å². The van der Waals surface area contributed by atoms with Crippen molar-refractivity contribution in [3.63, 3.8) is 0 Å². The first kappa shape index (κ1) is 17.9. The number of carbonyl (C=O) groups excluding carboxylic acids is 1. The van der Waals surface area contributed by atoms with Gasteiger partial charge < -0.3 is 9.64 Å². The highest BCUT2D eigenvalue weighted by Crippen LogP contribution is 2.21. The average molecular weight is 334 g/mol. The number of likely N-dealkylation sites (N-methyl/N-ethyl adjacent to an activating group) is 1. The molecule has 0 radical (unpaired) electrons. The van der Waals surface area contributed by atoms with Gasteiger partial charge in [0.05, 0.1) is 17.6 Å². The third-order valence-electron chi connectivity index (χ3n) is 2.92. The maximum atomic E-state index is 12.2. The van der Waals surface area contributed by atoms with Gasteiger partial charge in [-0.2, -0.15) is 0 Å². The maximum absolute atomic E-state index is 12.2. The maximum Gasteiger partial charge on any atom is 0.261 e. The van der Waals surface area contributed by atoms with Crippen molar-refractivity contribution in [3.8, 4) is 0 Å². The van der Waals surface area contributed by atoms with Gasteiger partial charge in [-0.25, -0.2) is 8.42 Å². The fraction of sp³-hybridized carbons (Fsp3) is 0.500. The van der Waals surface area contributed by atoms with Crippen molar-refractivity contribution in [2.75, 3.05) is 20.2 Å². The Bertz CT molecular complexity index is 613. The molecule has 1 rings (SSSR count). The number of nitrogens with zero attached hydrogens (tertiary/aromatic N) is 1. The Kier molecular flexibility index (Phi) is 6.19. The monoisotopic (exact) mass is 333 g/mol. The minimum atomic E-state index is -3.87. The van der Waals surface area contributed by atoms with Crippen LogP contribution in [0.3, 0.4) is 0 Å². The first-order chi connectivity index (χ1) is 9.62. The number of hydrogen-bond donors (Lipinski definition) is 0. The van der Waals surface area contributed by atoms with Crippen molar-refractivity contribution in [3.05, 3.63) is 29.3 Å². The molecule has 5 nitrogen and oxygen atoms in total. The molecule has 1 aromatic carbocycles.